The number of methoxy groups -OCH3 is 1. The van der Waals surface area contributed by atoms with Crippen molar-refractivity contribution in [2.24, 2.45) is 5.10 Å². The maximum Gasteiger partial charge on any atom is 0.271 e. The second kappa shape index (κ2) is 8.01. The highest BCUT2D eigenvalue weighted by Gasteiger charge is 2.06. The third kappa shape index (κ3) is 4.21. The Balaban J connectivity index is 1.72. The zero-order chi connectivity index (χ0) is 19.2. The number of carboxylic acid groups (broad SMARTS) is 1. The highest BCUT2D eigenvalue weighted by Crippen LogP contribution is 2.14. The smallest absolute Gasteiger partial charge is 0.271 e. The lowest BCUT2D eigenvalue weighted by atomic mass is 10.2. The van der Waals surface area contributed by atoms with Crippen molar-refractivity contribution < 1.29 is 19.4 Å². The topological polar surface area (TPSA) is 95.8 Å². The van der Waals surface area contributed by atoms with Crippen LogP contribution in [0.4, 0.5) is 0 Å². The predicted molar refractivity (Wildman–Crippen MR) is 98.2 cm³/mol. The molecule has 1 heterocycles. The maximum atomic E-state index is 12.1. The summed E-state index contributed by atoms with van der Waals surface area (Å²) in [7, 11) is 1.53. The first-order valence-electron chi connectivity index (χ1n) is 8.05. The Morgan fingerprint density at radius 2 is 1.85 bits per heavy atom. The molecular weight excluding hydrogens is 346 g/mol. The number of benzene rings is 2. The number of hydrogen-bond acceptors (Lipinski definition) is 5. The highest BCUT2D eigenvalue weighted by atomic mass is 16.5. The number of aromatic carboxylic acids is 1. The van der Waals surface area contributed by atoms with Gasteiger partial charge in [-0.2, -0.15) is 5.10 Å². The number of aromatic nitrogens is 1. The number of amides is 1. The average Bonchev–Trinajstić information content (AvgIpc) is 3.16. The summed E-state index contributed by atoms with van der Waals surface area (Å²) in [5.41, 5.74) is 4.47. The Bertz CT molecular complexity index is 990. The van der Waals surface area contributed by atoms with E-state index < -0.39 is 5.97 Å². The van der Waals surface area contributed by atoms with Gasteiger partial charge in [0.05, 0.1) is 25.0 Å². The lowest BCUT2D eigenvalue weighted by Crippen LogP contribution is -2.22. The molecule has 27 heavy (non-hydrogen) atoms. The molecule has 0 aliphatic carbocycles. The minimum absolute atomic E-state index is 0.103. The number of carbonyl (C=O) groups excluding carboxylic acids is 2. The summed E-state index contributed by atoms with van der Waals surface area (Å²) >= 11 is 0. The number of nitrogens with zero attached hydrogens (tertiary/aromatic N) is 2. The van der Waals surface area contributed by atoms with E-state index in [2.05, 4.69) is 10.5 Å². The molecule has 0 saturated carbocycles. The van der Waals surface area contributed by atoms with Crippen LogP contribution >= 0.6 is 0 Å². The fourth-order valence-corrected chi connectivity index (χ4v) is 2.48. The molecule has 0 atom stereocenters. The van der Waals surface area contributed by atoms with Crippen LogP contribution in [-0.4, -0.2) is 29.8 Å². The van der Waals surface area contributed by atoms with Crippen LogP contribution < -0.4 is 15.3 Å². The first-order valence-corrected chi connectivity index (χ1v) is 8.05. The van der Waals surface area contributed by atoms with E-state index in [-0.39, 0.29) is 11.5 Å². The molecule has 1 amide bonds. The summed E-state index contributed by atoms with van der Waals surface area (Å²) in [6.07, 6.45) is 3.31. The molecule has 136 valence electrons. The van der Waals surface area contributed by atoms with E-state index >= 15 is 0 Å². The Morgan fingerprint density at radius 3 is 2.56 bits per heavy atom. The maximum absolute atomic E-state index is 12.1. The van der Waals surface area contributed by atoms with Crippen molar-refractivity contribution in [2.75, 3.05) is 7.11 Å². The van der Waals surface area contributed by atoms with Gasteiger partial charge in [0.25, 0.3) is 5.91 Å². The van der Waals surface area contributed by atoms with E-state index in [4.69, 9.17) is 4.74 Å². The van der Waals surface area contributed by atoms with Gasteiger partial charge < -0.3 is 19.2 Å². The lowest BCUT2D eigenvalue weighted by molar-refractivity contribution is -0.255. The fraction of sp³-hybridized carbons (Fsp3) is 0.0500. The monoisotopic (exact) mass is 362 g/mol. The van der Waals surface area contributed by atoms with Gasteiger partial charge in [-0.3, -0.25) is 4.79 Å². The largest absolute Gasteiger partial charge is 0.545 e. The van der Waals surface area contributed by atoms with E-state index in [0.29, 0.717) is 17.0 Å². The molecule has 0 aliphatic rings. The molecule has 1 N–H and O–H groups in total. The van der Waals surface area contributed by atoms with Crippen LogP contribution in [-0.2, 0) is 0 Å². The van der Waals surface area contributed by atoms with Crippen molar-refractivity contribution in [3.63, 3.8) is 0 Å². The average molecular weight is 362 g/mol. The van der Waals surface area contributed by atoms with Gasteiger partial charge in [0.2, 0.25) is 0 Å². The Labute approximate surface area is 155 Å². The molecule has 0 bridgehead atoms. The van der Waals surface area contributed by atoms with Gasteiger partial charge in [-0.25, -0.2) is 5.43 Å². The number of rotatable bonds is 6. The van der Waals surface area contributed by atoms with Gasteiger partial charge in [0, 0.05) is 17.4 Å². The third-order valence-electron chi connectivity index (χ3n) is 3.86. The van der Waals surface area contributed by atoms with Crippen molar-refractivity contribution in [2.45, 2.75) is 0 Å². The molecule has 3 aromatic rings. The van der Waals surface area contributed by atoms with Crippen LogP contribution in [0.2, 0.25) is 0 Å². The summed E-state index contributed by atoms with van der Waals surface area (Å²) in [5, 5.41) is 14.8. The standard InChI is InChI=1S/C20H17N3O4/c1-27-18-6-2-4-15(12-18)19(24)22-21-13-17-5-3-11-23(17)16-9-7-14(8-10-16)20(25)26/h2-13H,1H3,(H,22,24)(H,25,26)/p-1/b21-13-. The molecule has 3 rings (SSSR count). The Kier molecular flexibility index (Phi) is 5.32. The zero-order valence-corrected chi connectivity index (χ0v) is 14.5. The van der Waals surface area contributed by atoms with Gasteiger partial charge in [0.1, 0.15) is 5.75 Å². The normalized spacial score (nSPS) is 10.7. The number of hydrogen-bond donors (Lipinski definition) is 1. The van der Waals surface area contributed by atoms with E-state index in [1.807, 2.05) is 12.1 Å². The number of nitrogens with one attached hydrogen (secondary N) is 1. The lowest BCUT2D eigenvalue weighted by Gasteiger charge is -2.08. The summed E-state index contributed by atoms with van der Waals surface area (Å²) in [5.74, 6) is -1.00. The highest BCUT2D eigenvalue weighted by molar-refractivity contribution is 5.95. The summed E-state index contributed by atoms with van der Waals surface area (Å²) in [4.78, 5) is 23.0. The number of ether oxygens (including phenoxy) is 1. The molecule has 0 unspecified atom stereocenters. The second-order valence-electron chi connectivity index (χ2n) is 5.57. The molecule has 0 aliphatic heterocycles. The van der Waals surface area contributed by atoms with Crippen molar-refractivity contribution in [1.29, 1.82) is 0 Å². The SMILES string of the molecule is COc1cccc(C(=O)N/N=C\c2cccn2-c2ccc(C(=O)[O-])cc2)c1. The van der Waals surface area contributed by atoms with Gasteiger partial charge in [0.15, 0.2) is 0 Å². The van der Waals surface area contributed by atoms with Crippen molar-refractivity contribution in [3.8, 4) is 11.4 Å². The van der Waals surface area contributed by atoms with E-state index in [0.717, 1.165) is 5.69 Å². The minimum atomic E-state index is -1.23. The molecule has 7 nitrogen and oxygen atoms in total. The van der Waals surface area contributed by atoms with Crippen molar-refractivity contribution in [1.82, 2.24) is 9.99 Å². The molecule has 2 aromatic carbocycles. The molecule has 0 saturated heterocycles. The minimum Gasteiger partial charge on any atom is -0.545 e. The van der Waals surface area contributed by atoms with Crippen molar-refractivity contribution in [3.05, 3.63) is 83.7 Å². The van der Waals surface area contributed by atoms with Crippen LogP contribution in [0.3, 0.4) is 0 Å². The van der Waals surface area contributed by atoms with Crippen LogP contribution in [0.25, 0.3) is 5.69 Å². The number of carboxylic acids is 1. The predicted octanol–water partition coefficient (Wildman–Crippen LogP) is 1.61. The van der Waals surface area contributed by atoms with Gasteiger partial charge in [-0.15, -0.1) is 0 Å². The fourth-order valence-electron chi connectivity index (χ4n) is 2.48. The molecule has 0 fully saturated rings. The van der Waals surface area contributed by atoms with Crippen LogP contribution in [0.1, 0.15) is 26.4 Å². The van der Waals surface area contributed by atoms with E-state index in [1.54, 1.807) is 47.2 Å². The number of hydrazone groups is 1. The molecule has 0 spiro atoms. The van der Waals surface area contributed by atoms with Gasteiger partial charge in [-0.1, -0.05) is 18.2 Å². The van der Waals surface area contributed by atoms with Gasteiger partial charge >= 0.3 is 0 Å². The quantitative estimate of drug-likeness (QED) is 0.532. The Morgan fingerprint density at radius 1 is 1.07 bits per heavy atom. The summed E-state index contributed by atoms with van der Waals surface area (Å²) in [6, 6.07) is 16.6. The third-order valence-corrected chi connectivity index (χ3v) is 3.86. The number of carbonyl (C=O) groups is 2. The molecular formula is C20H16N3O4-. The second-order valence-corrected chi connectivity index (χ2v) is 5.57. The van der Waals surface area contributed by atoms with Crippen LogP contribution in [0.15, 0.2) is 72.0 Å². The van der Waals surface area contributed by atoms with E-state index in [9.17, 15) is 14.7 Å². The van der Waals surface area contributed by atoms with Crippen molar-refractivity contribution >= 4 is 18.1 Å². The van der Waals surface area contributed by atoms with Crippen LogP contribution in [0, 0.1) is 0 Å². The first-order chi connectivity index (χ1) is 13.1. The Hall–Kier alpha value is -3.87. The van der Waals surface area contributed by atoms with Crippen LogP contribution in [0.5, 0.6) is 5.75 Å². The molecule has 0 radical (unpaired) electrons. The first kappa shape index (κ1) is 17.9. The summed E-state index contributed by atoms with van der Waals surface area (Å²) in [6.45, 7) is 0. The zero-order valence-electron chi connectivity index (χ0n) is 14.5. The molecule has 7 heteroatoms. The summed E-state index contributed by atoms with van der Waals surface area (Å²) < 4.78 is 6.90. The van der Waals surface area contributed by atoms with Gasteiger partial charge in [-0.05, 0) is 48.0 Å². The van der Waals surface area contributed by atoms with E-state index in [1.165, 1.54) is 25.5 Å². The molecule has 1 aromatic heterocycles.